The normalized spacial score (nSPS) is 15.4. The van der Waals surface area contributed by atoms with Crippen LogP contribution in [0, 0.1) is 0 Å². The number of carboxylic acids is 1. The van der Waals surface area contributed by atoms with Gasteiger partial charge in [-0.15, -0.1) is 0 Å². The van der Waals surface area contributed by atoms with Crippen LogP contribution in [-0.4, -0.2) is 29.9 Å². The lowest BCUT2D eigenvalue weighted by Gasteiger charge is -1.79. The lowest BCUT2D eigenvalue weighted by molar-refractivity contribution is -0.136. The molecule has 11 heavy (non-hydrogen) atoms. The summed E-state index contributed by atoms with van der Waals surface area (Å²) in [6.07, 6.45) is 2.93. The van der Waals surface area contributed by atoms with Crippen LogP contribution in [-0.2, 0) is 4.79 Å². The van der Waals surface area contributed by atoms with Gasteiger partial charge in [0.25, 0.3) is 0 Å². The number of thiol groups is 1. The van der Waals surface area contributed by atoms with E-state index in [1.54, 1.807) is 0 Å². The van der Waals surface area contributed by atoms with Crippen LogP contribution in [0.5, 0.6) is 0 Å². The Morgan fingerprint density at radius 3 is 2.09 bits per heavy atom. The molecule has 1 aliphatic rings. The van der Waals surface area contributed by atoms with Crippen LogP contribution in [0.4, 0.5) is 0 Å². The van der Waals surface area contributed by atoms with Crippen molar-refractivity contribution in [2.24, 2.45) is 0 Å². The Hall–Kier alpha value is -0.220. The first-order valence-electron chi connectivity index (χ1n) is 3.80. The highest BCUT2D eigenvalue weighted by Gasteiger charge is 1.93. The third-order valence-electron chi connectivity index (χ3n) is 1.28. The Labute approximate surface area is 72.6 Å². The van der Waals surface area contributed by atoms with Gasteiger partial charge in [0, 0.05) is 5.75 Å². The average molecular weight is 177 g/mol. The van der Waals surface area contributed by atoms with Gasteiger partial charge in [-0.25, -0.2) is 0 Å². The molecule has 1 fully saturated rings. The van der Waals surface area contributed by atoms with Gasteiger partial charge in [0.1, 0.15) is 0 Å². The summed E-state index contributed by atoms with van der Waals surface area (Å²) in [6.45, 7) is 2.50. The first-order chi connectivity index (χ1) is 5.27. The minimum atomic E-state index is -0.787. The lowest BCUT2D eigenvalue weighted by Crippen LogP contribution is -2.03. The first kappa shape index (κ1) is 10.8. The predicted octanol–water partition coefficient (Wildman–Crippen LogP) is 0.761. The number of rotatable bonds is 2. The first-order valence-corrected chi connectivity index (χ1v) is 4.44. The molecule has 4 heteroatoms. The number of aliphatic carboxylic acids is 1. The monoisotopic (exact) mass is 177 g/mol. The van der Waals surface area contributed by atoms with E-state index in [1.165, 1.54) is 25.9 Å². The molecule has 1 aliphatic heterocycles. The zero-order valence-electron chi connectivity index (χ0n) is 6.55. The summed E-state index contributed by atoms with van der Waals surface area (Å²) >= 11 is 3.68. The van der Waals surface area contributed by atoms with Crippen molar-refractivity contribution in [3.05, 3.63) is 0 Å². The maximum absolute atomic E-state index is 9.55. The van der Waals surface area contributed by atoms with Crippen LogP contribution in [0.15, 0.2) is 0 Å². The van der Waals surface area contributed by atoms with Crippen LogP contribution < -0.4 is 5.32 Å². The largest absolute Gasteiger partial charge is 0.481 e. The van der Waals surface area contributed by atoms with E-state index < -0.39 is 5.97 Å². The van der Waals surface area contributed by atoms with Gasteiger partial charge in [0.15, 0.2) is 0 Å². The van der Waals surface area contributed by atoms with Crippen molar-refractivity contribution in [2.45, 2.75) is 19.3 Å². The molecule has 66 valence electrons. The van der Waals surface area contributed by atoms with Gasteiger partial charge in [0.05, 0.1) is 6.42 Å². The van der Waals surface area contributed by atoms with Crippen molar-refractivity contribution in [1.82, 2.24) is 5.32 Å². The molecule has 0 saturated carbocycles. The molecular formula is C7H15NO2S. The molecule has 0 atom stereocenters. The smallest absolute Gasteiger partial charge is 0.304 e. The summed E-state index contributed by atoms with van der Waals surface area (Å²) in [6, 6.07) is 0. The van der Waals surface area contributed by atoms with Crippen molar-refractivity contribution < 1.29 is 9.90 Å². The summed E-state index contributed by atoms with van der Waals surface area (Å²) in [4.78, 5) is 9.55. The molecule has 3 nitrogen and oxygen atoms in total. The van der Waals surface area contributed by atoms with E-state index in [0.717, 1.165) is 0 Å². The maximum atomic E-state index is 9.55. The SMILES string of the molecule is C1CCNC1.O=C(O)CCS. The third kappa shape index (κ3) is 9.78. The molecular weight excluding hydrogens is 162 g/mol. The summed E-state index contributed by atoms with van der Waals surface area (Å²) < 4.78 is 0. The molecule has 0 amide bonds. The van der Waals surface area contributed by atoms with Gasteiger partial charge in [-0.05, 0) is 25.9 Å². The van der Waals surface area contributed by atoms with Gasteiger partial charge in [-0.2, -0.15) is 12.6 Å². The zero-order chi connectivity index (χ0) is 8.53. The highest BCUT2D eigenvalue weighted by atomic mass is 32.1. The molecule has 2 N–H and O–H groups in total. The molecule has 0 unspecified atom stereocenters. The summed E-state index contributed by atoms with van der Waals surface area (Å²) in [7, 11) is 0. The Morgan fingerprint density at radius 1 is 1.45 bits per heavy atom. The Kier molecular flexibility index (Phi) is 7.72. The van der Waals surface area contributed by atoms with E-state index >= 15 is 0 Å². The van der Waals surface area contributed by atoms with E-state index in [2.05, 4.69) is 17.9 Å². The van der Waals surface area contributed by atoms with Crippen LogP contribution in [0.2, 0.25) is 0 Å². The zero-order valence-corrected chi connectivity index (χ0v) is 7.44. The van der Waals surface area contributed by atoms with Crippen LogP contribution in [0.1, 0.15) is 19.3 Å². The van der Waals surface area contributed by atoms with Gasteiger partial charge >= 0.3 is 5.97 Å². The van der Waals surface area contributed by atoms with Crippen molar-refractivity contribution in [2.75, 3.05) is 18.8 Å². The summed E-state index contributed by atoms with van der Waals surface area (Å²) in [5, 5.41) is 11.1. The number of carboxylic acid groups (broad SMARTS) is 1. The van der Waals surface area contributed by atoms with Crippen molar-refractivity contribution in [1.29, 1.82) is 0 Å². The van der Waals surface area contributed by atoms with Gasteiger partial charge < -0.3 is 10.4 Å². The molecule has 0 spiro atoms. The number of nitrogens with one attached hydrogen (secondary N) is 1. The molecule has 0 radical (unpaired) electrons. The second-order valence-corrected chi connectivity index (χ2v) is 2.77. The average Bonchev–Trinajstić information content (AvgIpc) is 2.41. The van der Waals surface area contributed by atoms with Crippen molar-refractivity contribution in [3.63, 3.8) is 0 Å². The third-order valence-corrected chi connectivity index (χ3v) is 1.51. The van der Waals surface area contributed by atoms with E-state index in [-0.39, 0.29) is 6.42 Å². The second kappa shape index (κ2) is 7.88. The van der Waals surface area contributed by atoms with Crippen LogP contribution in [0.25, 0.3) is 0 Å². The highest BCUT2D eigenvalue weighted by molar-refractivity contribution is 7.80. The fraction of sp³-hybridized carbons (Fsp3) is 0.857. The molecule has 1 saturated heterocycles. The maximum Gasteiger partial charge on any atom is 0.304 e. The minimum Gasteiger partial charge on any atom is -0.481 e. The Balaban J connectivity index is 0.000000183. The Morgan fingerprint density at radius 2 is 2.00 bits per heavy atom. The van der Waals surface area contributed by atoms with Gasteiger partial charge in [-0.3, -0.25) is 4.79 Å². The lowest BCUT2D eigenvalue weighted by atomic mass is 10.4. The number of hydrogen-bond donors (Lipinski definition) is 3. The molecule has 1 rings (SSSR count). The molecule has 0 aromatic rings. The highest BCUT2D eigenvalue weighted by Crippen LogP contribution is 1.90. The fourth-order valence-electron chi connectivity index (χ4n) is 0.721. The Bertz CT molecular complexity index is 97.0. The predicted molar refractivity (Wildman–Crippen MR) is 48.2 cm³/mol. The van der Waals surface area contributed by atoms with Gasteiger partial charge in [0.2, 0.25) is 0 Å². The second-order valence-electron chi connectivity index (χ2n) is 2.32. The van der Waals surface area contributed by atoms with Crippen LogP contribution >= 0.6 is 12.6 Å². The quantitative estimate of drug-likeness (QED) is 0.546. The minimum absolute atomic E-state index is 0.156. The molecule has 0 aromatic heterocycles. The summed E-state index contributed by atoms with van der Waals surface area (Å²) in [5.74, 6) is -0.361. The molecule has 0 aromatic carbocycles. The standard InChI is InChI=1S/C4H9N.C3H6O2S/c1-2-4-5-3-1;4-3(5)1-2-6/h5H,1-4H2;6H,1-2H2,(H,4,5). The molecule has 0 bridgehead atoms. The topological polar surface area (TPSA) is 49.3 Å². The van der Waals surface area contributed by atoms with Crippen LogP contribution in [0.3, 0.4) is 0 Å². The fourth-order valence-corrected chi connectivity index (χ4v) is 0.912. The number of carbonyl (C=O) groups is 1. The molecule has 1 heterocycles. The van der Waals surface area contributed by atoms with Gasteiger partial charge in [-0.1, -0.05) is 0 Å². The van der Waals surface area contributed by atoms with E-state index in [4.69, 9.17) is 5.11 Å². The number of hydrogen-bond acceptors (Lipinski definition) is 3. The summed E-state index contributed by atoms with van der Waals surface area (Å²) in [5.41, 5.74) is 0. The van der Waals surface area contributed by atoms with Crippen molar-refractivity contribution in [3.8, 4) is 0 Å². The van der Waals surface area contributed by atoms with E-state index in [0.29, 0.717) is 5.75 Å². The van der Waals surface area contributed by atoms with E-state index in [1.807, 2.05) is 0 Å². The van der Waals surface area contributed by atoms with E-state index in [9.17, 15) is 4.79 Å². The van der Waals surface area contributed by atoms with Crippen molar-refractivity contribution >= 4 is 18.6 Å². The molecule has 0 aliphatic carbocycles.